The van der Waals surface area contributed by atoms with Gasteiger partial charge in [-0.3, -0.25) is 0 Å². The van der Waals surface area contributed by atoms with Gasteiger partial charge in [0.25, 0.3) is 0 Å². The third kappa shape index (κ3) is 2.31. The first kappa shape index (κ1) is 15.4. The molecular formula is C22H16N4O2. The minimum Gasteiger partial charge on any atom is -0.454 e. The first-order valence-corrected chi connectivity index (χ1v) is 9.16. The normalized spacial score (nSPS) is 14.0. The van der Waals surface area contributed by atoms with Gasteiger partial charge in [-0.2, -0.15) is 0 Å². The SMILES string of the molecule is Cc1nc(C=Cc2cn3c(n2)-c2ccccc2C3)nc2cc3c(cc12)OCO3. The lowest BCUT2D eigenvalue weighted by Gasteiger charge is -2.04. The predicted molar refractivity (Wildman–Crippen MR) is 106 cm³/mol. The number of hydrogen-bond acceptors (Lipinski definition) is 5. The van der Waals surface area contributed by atoms with Crippen LogP contribution in [0.3, 0.4) is 0 Å². The van der Waals surface area contributed by atoms with Gasteiger partial charge in [0.1, 0.15) is 5.82 Å². The van der Waals surface area contributed by atoms with E-state index < -0.39 is 0 Å². The van der Waals surface area contributed by atoms with E-state index >= 15 is 0 Å². The van der Waals surface area contributed by atoms with Gasteiger partial charge in [0.2, 0.25) is 6.79 Å². The van der Waals surface area contributed by atoms with Gasteiger partial charge in [-0.25, -0.2) is 15.0 Å². The summed E-state index contributed by atoms with van der Waals surface area (Å²) in [7, 11) is 0. The van der Waals surface area contributed by atoms with Crippen LogP contribution in [-0.2, 0) is 6.54 Å². The summed E-state index contributed by atoms with van der Waals surface area (Å²) >= 11 is 0. The van der Waals surface area contributed by atoms with Crippen LogP contribution in [0.5, 0.6) is 11.5 Å². The highest BCUT2D eigenvalue weighted by Crippen LogP contribution is 2.36. The Morgan fingerprint density at radius 3 is 2.79 bits per heavy atom. The molecule has 6 heteroatoms. The molecule has 0 radical (unpaired) electrons. The lowest BCUT2D eigenvalue weighted by atomic mass is 10.1. The zero-order valence-electron chi connectivity index (χ0n) is 15.2. The van der Waals surface area contributed by atoms with E-state index in [1.807, 2.05) is 31.2 Å². The Morgan fingerprint density at radius 1 is 1.00 bits per heavy atom. The standard InChI is InChI=1S/C22H16N4O2/c1-13-17-8-19-20(28-12-27-19)9-18(17)25-21(23-13)7-6-15-11-26-10-14-4-2-3-5-16(14)22(26)24-15/h2-9,11H,10,12H2,1H3. The van der Waals surface area contributed by atoms with E-state index in [2.05, 4.69) is 45.0 Å². The molecule has 0 atom stereocenters. The van der Waals surface area contributed by atoms with Crippen molar-refractivity contribution in [2.45, 2.75) is 13.5 Å². The van der Waals surface area contributed by atoms with Gasteiger partial charge in [0.05, 0.1) is 11.2 Å². The summed E-state index contributed by atoms with van der Waals surface area (Å²) < 4.78 is 13.1. The van der Waals surface area contributed by atoms with Crippen molar-refractivity contribution in [3.8, 4) is 22.9 Å². The summed E-state index contributed by atoms with van der Waals surface area (Å²) in [6.45, 7) is 3.09. The van der Waals surface area contributed by atoms with Crippen LogP contribution in [0.1, 0.15) is 22.8 Å². The topological polar surface area (TPSA) is 62.1 Å². The van der Waals surface area contributed by atoms with E-state index in [0.717, 1.165) is 46.2 Å². The number of nitrogens with zero attached hydrogens (tertiary/aromatic N) is 4. The number of imidazole rings is 1. The van der Waals surface area contributed by atoms with Gasteiger partial charge in [0.15, 0.2) is 17.3 Å². The van der Waals surface area contributed by atoms with E-state index in [1.54, 1.807) is 0 Å². The van der Waals surface area contributed by atoms with Gasteiger partial charge in [-0.1, -0.05) is 24.3 Å². The van der Waals surface area contributed by atoms with Crippen molar-refractivity contribution < 1.29 is 9.47 Å². The van der Waals surface area contributed by atoms with Crippen molar-refractivity contribution >= 4 is 23.1 Å². The maximum absolute atomic E-state index is 5.47. The van der Waals surface area contributed by atoms with Crippen LogP contribution in [0, 0.1) is 6.92 Å². The molecule has 0 saturated carbocycles. The number of benzene rings is 2. The van der Waals surface area contributed by atoms with Gasteiger partial charge < -0.3 is 14.0 Å². The van der Waals surface area contributed by atoms with E-state index in [0.29, 0.717) is 5.82 Å². The molecule has 0 amide bonds. The molecule has 0 saturated heterocycles. The molecule has 4 aromatic rings. The highest BCUT2D eigenvalue weighted by atomic mass is 16.7. The number of aromatic nitrogens is 4. The third-order valence-corrected chi connectivity index (χ3v) is 5.20. The number of rotatable bonds is 2. The van der Waals surface area contributed by atoms with Gasteiger partial charge >= 0.3 is 0 Å². The summed E-state index contributed by atoms with van der Waals surface area (Å²) in [6.07, 6.45) is 5.93. The molecular weight excluding hydrogens is 352 g/mol. The monoisotopic (exact) mass is 368 g/mol. The molecule has 28 heavy (non-hydrogen) atoms. The molecule has 2 aromatic carbocycles. The van der Waals surface area contributed by atoms with Crippen molar-refractivity contribution in [2.24, 2.45) is 0 Å². The smallest absolute Gasteiger partial charge is 0.231 e. The lowest BCUT2D eigenvalue weighted by Crippen LogP contribution is -1.93. The molecule has 0 N–H and O–H groups in total. The average molecular weight is 368 g/mol. The van der Waals surface area contributed by atoms with Crippen LogP contribution in [0.4, 0.5) is 0 Å². The number of fused-ring (bicyclic) bond motifs is 5. The lowest BCUT2D eigenvalue weighted by molar-refractivity contribution is 0.174. The quantitative estimate of drug-likeness (QED) is 0.470. The van der Waals surface area contributed by atoms with Crippen LogP contribution in [0.15, 0.2) is 42.6 Å². The van der Waals surface area contributed by atoms with Gasteiger partial charge in [0, 0.05) is 35.5 Å². The molecule has 6 rings (SSSR count). The van der Waals surface area contributed by atoms with Crippen LogP contribution in [-0.4, -0.2) is 26.3 Å². The molecule has 2 aliphatic heterocycles. The van der Waals surface area contributed by atoms with Crippen molar-refractivity contribution in [3.63, 3.8) is 0 Å². The molecule has 0 bridgehead atoms. The minimum atomic E-state index is 0.249. The Morgan fingerprint density at radius 2 is 1.86 bits per heavy atom. The van der Waals surface area contributed by atoms with Gasteiger partial charge in [-0.05, 0) is 30.7 Å². The summed E-state index contributed by atoms with van der Waals surface area (Å²) in [5.74, 6) is 3.14. The van der Waals surface area contributed by atoms with Crippen LogP contribution in [0.2, 0.25) is 0 Å². The van der Waals surface area contributed by atoms with Crippen LogP contribution >= 0.6 is 0 Å². The molecule has 6 nitrogen and oxygen atoms in total. The summed E-state index contributed by atoms with van der Waals surface area (Å²) in [5.41, 5.74) is 5.17. The Labute approximate surface area is 161 Å². The molecule has 0 unspecified atom stereocenters. The van der Waals surface area contributed by atoms with Crippen molar-refractivity contribution in [2.75, 3.05) is 6.79 Å². The Bertz CT molecular complexity index is 1290. The Kier molecular flexibility index (Phi) is 3.11. The molecule has 0 aliphatic carbocycles. The maximum Gasteiger partial charge on any atom is 0.231 e. The first-order valence-electron chi connectivity index (χ1n) is 9.16. The first-order chi connectivity index (χ1) is 13.7. The summed E-state index contributed by atoms with van der Waals surface area (Å²) in [5, 5.41) is 0.971. The zero-order chi connectivity index (χ0) is 18.7. The molecule has 2 aromatic heterocycles. The second kappa shape index (κ2) is 5.66. The van der Waals surface area contributed by atoms with E-state index in [-0.39, 0.29) is 6.79 Å². The molecule has 136 valence electrons. The van der Waals surface area contributed by atoms with Crippen LogP contribution in [0.25, 0.3) is 34.4 Å². The molecule has 4 heterocycles. The molecule has 2 aliphatic rings. The van der Waals surface area contributed by atoms with E-state index in [9.17, 15) is 0 Å². The number of aryl methyl sites for hydroxylation is 1. The predicted octanol–water partition coefficient (Wildman–Crippen LogP) is 4.06. The van der Waals surface area contributed by atoms with Crippen LogP contribution < -0.4 is 9.47 Å². The fraction of sp³-hybridized carbons (Fsp3) is 0.136. The fourth-order valence-corrected chi connectivity index (χ4v) is 3.84. The van der Waals surface area contributed by atoms with Gasteiger partial charge in [-0.15, -0.1) is 0 Å². The highest BCUT2D eigenvalue weighted by Gasteiger charge is 2.20. The van der Waals surface area contributed by atoms with E-state index in [1.165, 1.54) is 11.1 Å². The minimum absolute atomic E-state index is 0.249. The van der Waals surface area contributed by atoms with Crippen molar-refractivity contribution in [1.82, 2.24) is 19.5 Å². The summed E-state index contributed by atoms with van der Waals surface area (Å²) in [4.78, 5) is 14.0. The average Bonchev–Trinajstić information content (AvgIpc) is 3.39. The Hall–Kier alpha value is -3.67. The molecule has 0 fully saturated rings. The highest BCUT2D eigenvalue weighted by molar-refractivity contribution is 5.86. The second-order valence-corrected chi connectivity index (χ2v) is 7.00. The fourth-order valence-electron chi connectivity index (χ4n) is 3.84. The van der Waals surface area contributed by atoms with Crippen molar-refractivity contribution in [1.29, 1.82) is 0 Å². The molecule has 0 spiro atoms. The number of hydrogen-bond donors (Lipinski definition) is 0. The largest absolute Gasteiger partial charge is 0.454 e. The zero-order valence-corrected chi connectivity index (χ0v) is 15.2. The van der Waals surface area contributed by atoms with E-state index in [4.69, 9.17) is 14.5 Å². The third-order valence-electron chi connectivity index (χ3n) is 5.20. The maximum atomic E-state index is 5.47. The Balaban J connectivity index is 1.35. The second-order valence-electron chi connectivity index (χ2n) is 7.00. The van der Waals surface area contributed by atoms with Crippen molar-refractivity contribution in [3.05, 3.63) is 65.4 Å². The number of ether oxygens (including phenoxy) is 2. The summed E-state index contributed by atoms with van der Waals surface area (Å²) in [6, 6.07) is 12.2.